The summed E-state index contributed by atoms with van der Waals surface area (Å²) < 4.78 is 5.95. The Hall–Kier alpha value is -2.28. The molecule has 2 saturated heterocycles. The lowest BCUT2D eigenvalue weighted by Gasteiger charge is -2.26. The minimum absolute atomic E-state index is 0.714. The van der Waals surface area contributed by atoms with Gasteiger partial charge in [-0.25, -0.2) is 0 Å². The van der Waals surface area contributed by atoms with Crippen molar-refractivity contribution in [1.82, 2.24) is 10.2 Å². The molecule has 1 unspecified atom stereocenters. The first-order chi connectivity index (χ1) is 15.4. The summed E-state index contributed by atoms with van der Waals surface area (Å²) >= 11 is 0. The molecule has 2 fully saturated rings. The summed E-state index contributed by atoms with van der Waals surface area (Å²) in [7, 11) is 0. The fraction of sp³-hybridized carbons (Fsp3) is 0.500. The van der Waals surface area contributed by atoms with Gasteiger partial charge in [0.25, 0.3) is 0 Å². The standard InChI is InChI=1S/C28H36N2O/c1-2-19-30(20-3-1)21-6-22-31-28-16-14-27(15-17-28)26-12-10-24(11-13-26)7-4-8-25-9-5-18-29-23-25/h10-17,25,29H,1-3,5-6,8-9,18-23H2. The Morgan fingerprint density at radius 2 is 1.65 bits per heavy atom. The van der Waals surface area contributed by atoms with E-state index >= 15 is 0 Å². The van der Waals surface area contributed by atoms with Gasteiger partial charge in [-0.1, -0.05) is 42.5 Å². The highest BCUT2D eigenvalue weighted by atomic mass is 16.5. The highest BCUT2D eigenvalue weighted by Crippen LogP contribution is 2.23. The second kappa shape index (κ2) is 11.9. The topological polar surface area (TPSA) is 24.5 Å². The summed E-state index contributed by atoms with van der Waals surface area (Å²) in [6, 6.07) is 17.1. The van der Waals surface area contributed by atoms with Crippen LogP contribution < -0.4 is 10.1 Å². The van der Waals surface area contributed by atoms with Crippen LogP contribution in [0.25, 0.3) is 11.1 Å². The van der Waals surface area contributed by atoms with Crippen LogP contribution in [0.3, 0.4) is 0 Å². The van der Waals surface area contributed by atoms with Crippen molar-refractivity contribution in [2.75, 3.05) is 39.3 Å². The Balaban J connectivity index is 1.22. The molecule has 0 amide bonds. The van der Waals surface area contributed by atoms with Gasteiger partial charge in [-0.05, 0) is 99.6 Å². The molecule has 0 bridgehead atoms. The molecule has 164 valence electrons. The van der Waals surface area contributed by atoms with E-state index in [9.17, 15) is 0 Å². The molecule has 4 rings (SSSR count). The molecule has 2 aliphatic rings. The Labute approximate surface area is 188 Å². The zero-order valence-electron chi connectivity index (χ0n) is 18.7. The molecule has 0 saturated carbocycles. The van der Waals surface area contributed by atoms with Crippen molar-refractivity contribution in [3.63, 3.8) is 0 Å². The number of ether oxygens (including phenoxy) is 1. The van der Waals surface area contributed by atoms with Gasteiger partial charge in [0.15, 0.2) is 0 Å². The second-order valence-electron chi connectivity index (χ2n) is 8.92. The quantitative estimate of drug-likeness (QED) is 0.486. The Morgan fingerprint density at radius 1 is 0.903 bits per heavy atom. The molecular formula is C28H36N2O. The molecule has 3 nitrogen and oxygen atoms in total. The zero-order valence-corrected chi connectivity index (χ0v) is 18.7. The third-order valence-electron chi connectivity index (χ3n) is 6.43. The van der Waals surface area contributed by atoms with Gasteiger partial charge in [-0.15, -0.1) is 0 Å². The van der Waals surface area contributed by atoms with E-state index in [1.54, 1.807) is 0 Å². The largest absolute Gasteiger partial charge is 0.494 e. The minimum Gasteiger partial charge on any atom is -0.494 e. The van der Waals surface area contributed by atoms with Crippen LogP contribution >= 0.6 is 0 Å². The van der Waals surface area contributed by atoms with E-state index < -0.39 is 0 Å². The van der Waals surface area contributed by atoms with E-state index in [4.69, 9.17) is 4.74 Å². The predicted octanol–water partition coefficient (Wildman–Crippen LogP) is 5.35. The lowest BCUT2D eigenvalue weighted by Crippen LogP contribution is -2.31. The molecule has 31 heavy (non-hydrogen) atoms. The van der Waals surface area contributed by atoms with Crippen molar-refractivity contribution in [2.45, 2.75) is 44.9 Å². The number of nitrogens with one attached hydrogen (secondary N) is 1. The van der Waals surface area contributed by atoms with E-state index in [0.717, 1.165) is 50.4 Å². The average Bonchev–Trinajstić information content (AvgIpc) is 2.84. The molecule has 0 spiro atoms. The van der Waals surface area contributed by atoms with Gasteiger partial charge < -0.3 is 15.0 Å². The van der Waals surface area contributed by atoms with Gasteiger partial charge in [-0.2, -0.15) is 0 Å². The Morgan fingerprint density at radius 3 is 2.35 bits per heavy atom. The first-order valence-corrected chi connectivity index (χ1v) is 12.1. The number of hydrogen-bond acceptors (Lipinski definition) is 3. The summed E-state index contributed by atoms with van der Waals surface area (Å²) in [5.74, 6) is 8.38. The maximum Gasteiger partial charge on any atom is 0.119 e. The van der Waals surface area contributed by atoms with Crippen molar-refractivity contribution in [2.24, 2.45) is 5.92 Å². The summed E-state index contributed by atoms with van der Waals surface area (Å²) in [5, 5.41) is 3.46. The van der Waals surface area contributed by atoms with Crippen molar-refractivity contribution in [3.8, 4) is 28.7 Å². The van der Waals surface area contributed by atoms with E-state index in [1.165, 1.54) is 56.3 Å². The third kappa shape index (κ3) is 7.13. The van der Waals surface area contributed by atoms with Gasteiger partial charge >= 0.3 is 0 Å². The molecule has 0 aromatic heterocycles. The molecule has 1 N–H and O–H groups in total. The van der Waals surface area contributed by atoms with Crippen LogP contribution in [0.4, 0.5) is 0 Å². The number of hydrogen-bond donors (Lipinski definition) is 1. The van der Waals surface area contributed by atoms with Crippen molar-refractivity contribution >= 4 is 0 Å². The van der Waals surface area contributed by atoms with E-state index in [1.807, 2.05) is 0 Å². The average molecular weight is 417 g/mol. The normalized spacial score (nSPS) is 19.4. The molecule has 2 heterocycles. The van der Waals surface area contributed by atoms with Crippen molar-refractivity contribution in [3.05, 3.63) is 54.1 Å². The first kappa shape index (κ1) is 21.9. The highest BCUT2D eigenvalue weighted by molar-refractivity contribution is 5.65. The number of nitrogens with zero attached hydrogens (tertiary/aromatic N) is 1. The van der Waals surface area contributed by atoms with Crippen molar-refractivity contribution in [1.29, 1.82) is 0 Å². The Kier molecular flexibility index (Phi) is 8.44. The van der Waals surface area contributed by atoms with Crippen LogP contribution in [0.15, 0.2) is 48.5 Å². The predicted molar refractivity (Wildman–Crippen MR) is 129 cm³/mol. The summed E-state index contributed by atoms with van der Waals surface area (Å²) in [4.78, 5) is 2.57. The fourth-order valence-corrected chi connectivity index (χ4v) is 4.55. The van der Waals surface area contributed by atoms with Crippen LogP contribution in [0.1, 0.15) is 50.5 Å². The molecule has 0 aliphatic carbocycles. The zero-order chi connectivity index (χ0) is 21.1. The van der Waals surface area contributed by atoms with Gasteiger partial charge in [0.05, 0.1) is 6.61 Å². The van der Waals surface area contributed by atoms with Crippen LogP contribution in [0.5, 0.6) is 5.75 Å². The summed E-state index contributed by atoms with van der Waals surface area (Å²) in [6.45, 7) is 6.75. The van der Waals surface area contributed by atoms with E-state index in [2.05, 4.69) is 70.6 Å². The van der Waals surface area contributed by atoms with Gasteiger partial charge in [-0.3, -0.25) is 0 Å². The van der Waals surface area contributed by atoms with Gasteiger partial charge in [0, 0.05) is 18.5 Å². The maximum absolute atomic E-state index is 5.95. The van der Waals surface area contributed by atoms with E-state index in [0.29, 0.717) is 5.92 Å². The maximum atomic E-state index is 5.95. The minimum atomic E-state index is 0.714. The number of piperidine rings is 2. The van der Waals surface area contributed by atoms with Crippen LogP contribution in [0, 0.1) is 17.8 Å². The third-order valence-corrected chi connectivity index (χ3v) is 6.43. The SMILES string of the molecule is C(#Cc1ccc(-c2ccc(OCCCN3CCCCC3)cc2)cc1)CC1CCCNC1. The highest BCUT2D eigenvalue weighted by Gasteiger charge is 2.11. The number of rotatable bonds is 7. The molecule has 0 radical (unpaired) electrons. The van der Waals surface area contributed by atoms with Crippen molar-refractivity contribution < 1.29 is 4.74 Å². The van der Waals surface area contributed by atoms with E-state index in [-0.39, 0.29) is 0 Å². The molecular weight excluding hydrogens is 380 g/mol. The van der Waals surface area contributed by atoms with Gasteiger partial charge in [0.1, 0.15) is 5.75 Å². The summed E-state index contributed by atoms with van der Waals surface area (Å²) in [5.41, 5.74) is 3.54. The second-order valence-corrected chi connectivity index (χ2v) is 8.92. The van der Waals surface area contributed by atoms with Gasteiger partial charge in [0.2, 0.25) is 0 Å². The molecule has 2 aliphatic heterocycles. The van der Waals surface area contributed by atoms with Crippen LogP contribution in [-0.4, -0.2) is 44.2 Å². The Bertz CT molecular complexity index is 835. The number of benzene rings is 2. The monoisotopic (exact) mass is 416 g/mol. The summed E-state index contributed by atoms with van der Waals surface area (Å²) in [6.07, 6.45) is 8.79. The lowest BCUT2D eigenvalue weighted by molar-refractivity contribution is 0.205. The fourth-order valence-electron chi connectivity index (χ4n) is 4.55. The van der Waals surface area contributed by atoms with Crippen LogP contribution in [0.2, 0.25) is 0 Å². The van der Waals surface area contributed by atoms with Crippen LogP contribution in [-0.2, 0) is 0 Å². The molecule has 3 heteroatoms. The molecule has 1 atom stereocenters. The smallest absolute Gasteiger partial charge is 0.119 e. The lowest BCUT2D eigenvalue weighted by atomic mass is 9.96. The number of likely N-dealkylation sites (tertiary alicyclic amines) is 1. The molecule has 2 aromatic rings. The first-order valence-electron chi connectivity index (χ1n) is 12.1. The molecule has 2 aromatic carbocycles.